The normalized spacial score (nSPS) is 18.1. The lowest BCUT2D eigenvalue weighted by molar-refractivity contribution is -0.144. The van der Waals surface area contributed by atoms with Gasteiger partial charge in [0.2, 0.25) is 23.6 Å². The molecule has 0 saturated carbocycles. The third-order valence-corrected chi connectivity index (χ3v) is 12.7. The number of primary amides is 1. The lowest BCUT2D eigenvalue weighted by Gasteiger charge is -2.35. The molecule has 1 fully saturated rings. The van der Waals surface area contributed by atoms with Crippen molar-refractivity contribution in [2.75, 3.05) is 6.54 Å². The number of nitrogens with zero attached hydrogens (tertiary/aromatic N) is 3. The van der Waals surface area contributed by atoms with Crippen LogP contribution in [0.5, 0.6) is 0 Å². The number of aliphatic hydroxyl groups excluding tert-OH is 1. The molecule has 1 aliphatic heterocycles. The maximum Gasteiger partial charge on any atom is 0.246 e. The molecule has 15 heteroatoms. The first-order valence-corrected chi connectivity index (χ1v) is 21.8. The van der Waals surface area contributed by atoms with Gasteiger partial charge in [0.25, 0.3) is 0 Å². The maximum absolute atomic E-state index is 14.1. The Bertz CT molecular complexity index is 1820. The molecule has 0 spiro atoms. The fourth-order valence-electron chi connectivity index (χ4n) is 6.74. The van der Waals surface area contributed by atoms with Gasteiger partial charge in [0, 0.05) is 43.4 Å². The first-order chi connectivity index (χ1) is 26.7. The number of nitrogens with one attached hydrogen (secondary N) is 3. The van der Waals surface area contributed by atoms with Gasteiger partial charge in [-0.3, -0.25) is 24.2 Å². The van der Waals surface area contributed by atoms with Gasteiger partial charge in [0.05, 0.1) is 40.0 Å². The zero-order valence-electron chi connectivity index (χ0n) is 34.6. The van der Waals surface area contributed by atoms with E-state index in [1.807, 2.05) is 97.3 Å². The van der Waals surface area contributed by atoms with Crippen LogP contribution in [0.25, 0.3) is 10.4 Å². The first kappa shape index (κ1) is 45.8. The number of nitrogens with two attached hydrogens (primary N) is 1. The number of hydrogen-bond acceptors (Lipinski definition) is 10. The predicted octanol–water partition coefficient (Wildman–Crippen LogP) is 5.34. The van der Waals surface area contributed by atoms with Gasteiger partial charge < -0.3 is 30.9 Å². The fraction of sp³-hybridized carbons (Fsp3) is 0.571. The second kappa shape index (κ2) is 20.2. The molecule has 4 rings (SSSR count). The van der Waals surface area contributed by atoms with Crippen LogP contribution in [0.3, 0.4) is 0 Å². The van der Waals surface area contributed by atoms with Crippen LogP contribution >= 0.6 is 11.3 Å². The number of amides is 4. The standard InChI is InChI=1S/C42H61N7O6S2/c1-26(29-14-16-30(17-15-29)37-27(2)45-25-56-37)46-39(53)34-23-31(50)24-49(34)40(54)38(41(3,4)5)47-36(52)13-11-9-10-12-28-20-21-44-33(22-28)32(18-19-35(43)51)48-57(55)42(6,7)8/h14-17,20-22,25-26,31-32,34,38,48,50H,9-13,18-19,23-24H2,1-8H3,(H2,43,51)(H,46,53)(H,47,52)/t26-,31+,32-,34-,38+,57?/m0/s1. The number of hydrogen-bond donors (Lipinski definition) is 5. The van der Waals surface area contributed by atoms with Gasteiger partial charge in [-0.15, -0.1) is 16.1 Å². The molecule has 3 aromatic rings. The summed E-state index contributed by atoms with van der Waals surface area (Å²) in [5.74, 6) is -1.44. The lowest BCUT2D eigenvalue weighted by Crippen LogP contribution is -2.57. The summed E-state index contributed by atoms with van der Waals surface area (Å²) in [7, 11) is 0. The Kier molecular flexibility index (Phi) is 16.2. The van der Waals surface area contributed by atoms with Crippen LogP contribution in [-0.4, -0.2) is 77.6 Å². The topological polar surface area (TPSA) is 203 Å². The molecular formula is C42H61N7O6S2. The number of aryl methyl sites for hydroxylation is 2. The van der Waals surface area contributed by atoms with Crippen molar-refractivity contribution in [3.63, 3.8) is 0 Å². The minimum atomic E-state index is -1.37. The van der Waals surface area contributed by atoms with E-state index in [0.29, 0.717) is 18.5 Å². The number of carbonyl (C=O) groups excluding carboxylic acids is 4. The molecule has 6 atom stereocenters. The smallest absolute Gasteiger partial charge is 0.246 e. The molecule has 1 aromatic carbocycles. The minimum Gasteiger partial charge on any atom is -0.598 e. The summed E-state index contributed by atoms with van der Waals surface area (Å²) < 4.78 is 15.5. The highest BCUT2D eigenvalue weighted by atomic mass is 32.2. The second-order valence-corrected chi connectivity index (χ2v) is 19.9. The van der Waals surface area contributed by atoms with Crippen molar-refractivity contribution >= 4 is 46.3 Å². The third kappa shape index (κ3) is 13.3. The van der Waals surface area contributed by atoms with Crippen LogP contribution in [0.2, 0.25) is 0 Å². The second-order valence-electron chi connectivity index (χ2n) is 17.1. The minimum absolute atomic E-state index is 0.00374. The molecule has 57 heavy (non-hydrogen) atoms. The predicted molar refractivity (Wildman–Crippen MR) is 225 cm³/mol. The van der Waals surface area contributed by atoms with Crippen molar-refractivity contribution < 1.29 is 28.8 Å². The van der Waals surface area contributed by atoms with E-state index in [1.54, 1.807) is 17.5 Å². The molecule has 6 N–H and O–H groups in total. The quantitative estimate of drug-likeness (QED) is 0.0829. The molecule has 0 aliphatic carbocycles. The van der Waals surface area contributed by atoms with Crippen LogP contribution in [0.4, 0.5) is 0 Å². The molecule has 0 bridgehead atoms. The number of carbonyl (C=O) groups is 4. The van der Waals surface area contributed by atoms with Crippen LogP contribution in [0, 0.1) is 12.3 Å². The van der Waals surface area contributed by atoms with Crippen molar-refractivity contribution in [1.82, 2.24) is 30.2 Å². The van der Waals surface area contributed by atoms with Gasteiger partial charge in [-0.05, 0) is 94.5 Å². The van der Waals surface area contributed by atoms with E-state index >= 15 is 0 Å². The van der Waals surface area contributed by atoms with Crippen molar-refractivity contribution in [3.05, 3.63) is 70.6 Å². The Hall–Kier alpha value is -3.89. The van der Waals surface area contributed by atoms with Crippen molar-refractivity contribution in [2.45, 2.75) is 142 Å². The van der Waals surface area contributed by atoms with Gasteiger partial charge in [0.1, 0.15) is 16.8 Å². The van der Waals surface area contributed by atoms with E-state index in [2.05, 4.69) is 25.3 Å². The first-order valence-electron chi connectivity index (χ1n) is 19.7. The Morgan fingerprint density at radius 3 is 2.33 bits per heavy atom. The zero-order valence-corrected chi connectivity index (χ0v) is 36.2. The number of aromatic nitrogens is 2. The number of likely N-dealkylation sites (tertiary alicyclic amines) is 1. The average Bonchev–Trinajstić information content (AvgIpc) is 3.76. The summed E-state index contributed by atoms with van der Waals surface area (Å²) in [6, 6.07) is 9.31. The van der Waals surface area contributed by atoms with Crippen LogP contribution in [-0.2, 0) is 37.0 Å². The van der Waals surface area contributed by atoms with E-state index in [4.69, 9.17) is 5.73 Å². The van der Waals surface area contributed by atoms with E-state index < -0.39 is 57.6 Å². The number of aliphatic hydroxyl groups is 1. The van der Waals surface area contributed by atoms with E-state index in [1.165, 1.54) is 4.90 Å². The van der Waals surface area contributed by atoms with Gasteiger partial charge in [0.15, 0.2) is 0 Å². The molecule has 4 amide bonds. The summed E-state index contributed by atoms with van der Waals surface area (Å²) in [6.07, 6.45) is 4.61. The highest BCUT2D eigenvalue weighted by molar-refractivity contribution is 7.90. The Balaban J connectivity index is 1.30. The molecule has 1 unspecified atom stereocenters. The van der Waals surface area contributed by atoms with Crippen LogP contribution < -0.4 is 21.1 Å². The third-order valence-electron chi connectivity index (χ3n) is 10.1. The van der Waals surface area contributed by atoms with Crippen molar-refractivity contribution in [1.29, 1.82) is 0 Å². The Morgan fingerprint density at radius 1 is 1.02 bits per heavy atom. The number of benzene rings is 1. The molecule has 0 radical (unpaired) electrons. The zero-order chi connectivity index (χ0) is 42.1. The summed E-state index contributed by atoms with van der Waals surface area (Å²) in [4.78, 5) is 63.8. The lowest BCUT2D eigenvalue weighted by atomic mass is 9.85. The van der Waals surface area contributed by atoms with Crippen molar-refractivity contribution in [3.8, 4) is 10.4 Å². The summed E-state index contributed by atoms with van der Waals surface area (Å²) in [5, 5.41) is 16.6. The Labute approximate surface area is 344 Å². The molecule has 2 aromatic heterocycles. The van der Waals surface area contributed by atoms with Crippen LogP contribution in [0.15, 0.2) is 48.1 Å². The monoisotopic (exact) mass is 823 g/mol. The number of unbranched alkanes of at least 4 members (excludes halogenated alkanes) is 2. The summed E-state index contributed by atoms with van der Waals surface area (Å²) >= 11 is 0.206. The van der Waals surface area contributed by atoms with E-state index in [0.717, 1.165) is 46.5 Å². The molecular weight excluding hydrogens is 763 g/mol. The molecule has 312 valence electrons. The number of β-amino-alcohol motifs (C(OH)–C–C–N with tert-alkyl or cyclic N) is 1. The maximum atomic E-state index is 14.1. The van der Waals surface area contributed by atoms with E-state index in [9.17, 15) is 28.8 Å². The highest BCUT2D eigenvalue weighted by Crippen LogP contribution is 2.30. The molecule has 3 heterocycles. The van der Waals surface area contributed by atoms with Crippen molar-refractivity contribution in [2.24, 2.45) is 11.1 Å². The number of thiazole rings is 1. The molecule has 13 nitrogen and oxygen atoms in total. The summed E-state index contributed by atoms with van der Waals surface area (Å²) in [5.41, 5.74) is 11.2. The molecule has 1 saturated heterocycles. The largest absolute Gasteiger partial charge is 0.598 e. The van der Waals surface area contributed by atoms with Gasteiger partial charge in [-0.1, -0.05) is 51.5 Å². The average molecular weight is 824 g/mol. The molecule has 1 aliphatic rings. The number of rotatable bonds is 18. The fourth-order valence-corrected chi connectivity index (χ4v) is 8.40. The highest BCUT2D eigenvalue weighted by Gasteiger charge is 2.44. The van der Waals surface area contributed by atoms with Gasteiger partial charge >= 0.3 is 0 Å². The van der Waals surface area contributed by atoms with Gasteiger partial charge in [-0.2, -0.15) is 0 Å². The summed E-state index contributed by atoms with van der Waals surface area (Å²) in [6.45, 7) is 15.1. The van der Waals surface area contributed by atoms with Gasteiger partial charge in [-0.25, -0.2) is 4.98 Å². The Morgan fingerprint density at radius 2 is 1.72 bits per heavy atom. The van der Waals surface area contributed by atoms with E-state index in [-0.39, 0.29) is 43.7 Å². The van der Waals surface area contributed by atoms with Crippen LogP contribution in [0.1, 0.15) is 128 Å². The number of pyridine rings is 1. The SMILES string of the molecule is Cc1ncsc1-c1ccc([C@H](C)NC(=O)[C@@H]2C[C@@H](O)CN2C(=O)[C@@H](NC(=O)CCCCCc2ccnc([C@H](CCC(N)=O)N[S+]([O-])C(C)(C)C)c2)C(C)(C)C)cc1.